The number of carbonyl (C=O) groups excluding carboxylic acids is 1. The number of fused-ring (bicyclic) bond motifs is 1. The molecule has 0 aliphatic heterocycles. The van der Waals surface area contributed by atoms with Crippen molar-refractivity contribution in [2.75, 3.05) is 25.5 Å². The third-order valence-electron chi connectivity index (χ3n) is 4.14. The molecule has 3 aromatic rings. The van der Waals surface area contributed by atoms with Gasteiger partial charge in [-0.1, -0.05) is 30.3 Å². The largest absolute Gasteiger partial charge is 0.422 e. The molecule has 1 heterocycles. The first-order valence-corrected chi connectivity index (χ1v) is 8.22. The zero-order valence-corrected chi connectivity index (χ0v) is 14.6. The van der Waals surface area contributed by atoms with Crippen molar-refractivity contribution in [3.8, 4) is 0 Å². The van der Waals surface area contributed by atoms with Crippen LogP contribution in [0.2, 0.25) is 0 Å². The number of para-hydroxylation sites is 1. The van der Waals surface area contributed by atoms with E-state index >= 15 is 0 Å². The van der Waals surface area contributed by atoms with E-state index in [0.717, 1.165) is 5.69 Å². The SMILES string of the molecule is CN(C)c1ccc(C(O)CNC(=O)c2cc3ccccc3oc2=O)cc1. The molecule has 0 aliphatic carbocycles. The second-order valence-corrected chi connectivity index (χ2v) is 6.20. The van der Waals surface area contributed by atoms with Crippen molar-refractivity contribution in [1.82, 2.24) is 5.32 Å². The van der Waals surface area contributed by atoms with Crippen LogP contribution in [-0.4, -0.2) is 31.7 Å². The number of benzene rings is 2. The van der Waals surface area contributed by atoms with E-state index in [4.69, 9.17) is 4.42 Å². The lowest BCUT2D eigenvalue weighted by atomic mass is 10.1. The first-order chi connectivity index (χ1) is 12.5. The third kappa shape index (κ3) is 3.75. The highest BCUT2D eigenvalue weighted by Crippen LogP contribution is 2.18. The molecule has 0 saturated heterocycles. The van der Waals surface area contributed by atoms with Crippen molar-refractivity contribution in [2.24, 2.45) is 0 Å². The summed E-state index contributed by atoms with van der Waals surface area (Å²) in [6.45, 7) is -0.00753. The minimum Gasteiger partial charge on any atom is -0.422 e. The van der Waals surface area contributed by atoms with Crippen molar-refractivity contribution < 1.29 is 14.3 Å². The first-order valence-electron chi connectivity index (χ1n) is 8.22. The molecule has 0 saturated carbocycles. The number of hydrogen-bond donors (Lipinski definition) is 2. The van der Waals surface area contributed by atoms with Gasteiger partial charge in [0.25, 0.3) is 5.91 Å². The Morgan fingerprint density at radius 3 is 2.54 bits per heavy atom. The highest BCUT2D eigenvalue weighted by Gasteiger charge is 2.15. The van der Waals surface area contributed by atoms with Gasteiger partial charge in [0.05, 0.1) is 6.10 Å². The van der Waals surface area contributed by atoms with Crippen LogP contribution in [0.4, 0.5) is 5.69 Å². The predicted octanol–water partition coefficient (Wildman–Crippen LogP) is 2.32. The van der Waals surface area contributed by atoms with E-state index < -0.39 is 17.6 Å². The minimum atomic E-state index is -0.873. The molecule has 6 heteroatoms. The Balaban J connectivity index is 1.70. The fourth-order valence-corrected chi connectivity index (χ4v) is 2.62. The smallest absolute Gasteiger partial charge is 0.349 e. The van der Waals surface area contributed by atoms with E-state index in [9.17, 15) is 14.7 Å². The van der Waals surface area contributed by atoms with E-state index in [1.807, 2.05) is 31.1 Å². The topological polar surface area (TPSA) is 82.8 Å². The molecule has 1 amide bonds. The van der Waals surface area contributed by atoms with Gasteiger partial charge in [-0.15, -0.1) is 0 Å². The fourth-order valence-electron chi connectivity index (χ4n) is 2.62. The summed E-state index contributed by atoms with van der Waals surface area (Å²) in [6, 6.07) is 15.8. The van der Waals surface area contributed by atoms with E-state index in [1.165, 1.54) is 6.07 Å². The highest BCUT2D eigenvalue weighted by atomic mass is 16.4. The molecule has 0 fully saturated rings. The first kappa shape index (κ1) is 17.7. The molecule has 1 atom stereocenters. The van der Waals surface area contributed by atoms with Crippen molar-refractivity contribution in [3.05, 3.63) is 76.1 Å². The molecule has 3 rings (SSSR count). The molecule has 0 aliphatic rings. The van der Waals surface area contributed by atoms with E-state index in [1.54, 1.807) is 36.4 Å². The Morgan fingerprint density at radius 2 is 1.85 bits per heavy atom. The summed E-state index contributed by atoms with van der Waals surface area (Å²) in [5.41, 5.74) is 1.33. The number of anilines is 1. The lowest BCUT2D eigenvalue weighted by molar-refractivity contribution is 0.0913. The number of amides is 1. The van der Waals surface area contributed by atoms with E-state index in [-0.39, 0.29) is 12.1 Å². The van der Waals surface area contributed by atoms with Crippen LogP contribution in [0.3, 0.4) is 0 Å². The Kier molecular flexibility index (Phi) is 5.04. The molecule has 134 valence electrons. The van der Waals surface area contributed by atoms with Gasteiger partial charge in [-0.2, -0.15) is 0 Å². The summed E-state index contributed by atoms with van der Waals surface area (Å²) in [5.74, 6) is -0.575. The van der Waals surface area contributed by atoms with Crippen molar-refractivity contribution in [1.29, 1.82) is 0 Å². The second-order valence-electron chi connectivity index (χ2n) is 6.20. The van der Waals surface area contributed by atoms with Gasteiger partial charge in [0.1, 0.15) is 11.1 Å². The van der Waals surface area contributed by atoms with Gasteiger partial charge >= 0.3 is 5.63 Å². The zero-order valence-electron chi connectivity index (χ0n) is 14.6. The third-order valence-corrected chi connectivity index (χ3v) is 4.14. The maximum Gasteiger partial charge on any atom is 0.349 e. The standard InChI is InChI=1S/C20H20N2O4/c1-22(2)15-9-7-13(8-10-15)17(23)12-21-19(24)16-11-14-5-3-4-6-18(14)26-20(16)25/h3-11,17,23H,12H2,1-2H3,(H,21,24). The Morgan fingerprint density at radius 1 is 1.15 bits per heavy atom. The quantitative estimate of drug-likeness (QED) is 0.689. The van der Waals surface area contributed by atoms with Gasteiger partial charge in [-0.25, -0.2) is 4.79 Å². The Bertz CT molecular complexity index is 977. The predicted molar refractivity (Wildman–Crippen MR) is 101 cm³/mol. The summed E-state index contributed by atoms with van der Waals surface area (Å²) in [4.78, 5) is 26.3. The molecule has 26 heavy (non-hydrogen) atoms. The second kappa shape index (κ2) is 7.41. The lowest BCUT2D eigenvalue weighted by Crippen LogP contribution is -2.31. The molecule has 0 spiro atoms. The summed E-state index contributed by atoms with van der Waals surface area (Å²) in [5, 5.41) is 13.5. The molecule has 6 nitrogen and oxygen atoms in total. The van der Waals surface area contributed by atoms with Crippen LogP contribution in [0.25, 0.3) is 11.0 Å². The molecule has 0 bridgehead atoms. The Hall–Kier alpha value is -3.12. The number of aliphatic hydroxyl groups excluding tert-OH is 1. The van der Waals surface area contributed by atoms with Gasteiger partial charge in [-0.05, 0) is 29.8 Å². The summed E-state index contributed by atoms with van der Waals surface area (Å²) < 4.78 is 5.16. The molecular formula is C20H20N2O4. The lowest BCUT2D eigenvalue weighted by Gasteiger charge is -2.15. The maximum atomic E-state index is 12.3. The van der Waals surface area contributed by atoms with Gasteiger partial charge in [-0.3, -0.25) is 4.79 Å². The van der Waals surface area contributed by atoms with Crippen LogP contribution < -0.4 is 15.8 Å². The molecule has 0 radical (unpaired) electrons. The van der Waals surface area contributed by atoms with Gasteiger partial charge in [0, 0.05) is 31.7 Å². The maximum absolute atomic E-state index is 12.3. The fraction of sp³-hybridized carbons (Fsp3) is 0.200. The van der Waals surface area contributed by atoms with E-state index in [2.05, 4.69) is 5.32 Å². The number of aliphatic hydroxyl groups is 1. The highest BCUT2D eigenvalue weighted by molar-refractivity contribution is 5.96. The van der Waals surface area contributed by atoms with Crippen molar-refractivity contribution in [3.63, 3.8) is 0 Å². The number of nitrogens with one attached hydrogen (secondary N) is 1. The summed E-state index contributed by atoms with van der Waals surface area (Å²) in [6.07, 6.45) is -0.873. The van der Waals surface area contributed by atoms with Crippen LogP contribution in [-0.2, 0) is 0 Å². The Labute approximate surface area is 150 Å². The van der Waals surface area contributed by atoms with Crippen LogP contribution >= 0.6 is 0 Å². The number of hydrogen-bond acceptors (Lipinski definition) is 5. The zero-order chi connectivity index (χ0) is 18.7. The van der Waals surface area contributed by atoms with Gasteiger partial charge in [0.15, 0.2) is 0 Å². The summed E-state index contributed by atoms with van der Waals surface area (Å²) >= 11 is 0. The number of rotatable bonds is 5. The minimum absolute atomic E-state index is 0.00753. The molecule has 2 N–H and O–H groups in total. The van der Waals surface area contributed by atoms with Crippen LogP contribution in [0, 0.1) is 0 Å². The van der Waals surface area contributed by atoms with E-state index in [0.29, 0.717) is 16.5 Å². The van der Waals surface area contributed by atoms with Gasteiger partial charge in [0.2, 0.25) is 0 Å². The molecule has 1 unspecified atom stereocenters. The van der Waals surface area contributed by atoms with Crippen LogP contribution in [0.5, 0.6) is 0 Å². The molecule has 2 aromatic carbocycles. The average Bonchev–Trinajstić information content (AvgIpc) is 2.65. The van der Waals surface area contributed by atoms with Crippen molar-refractivity contribution >= 4 is 22.6 Å². The molecule has 1 aromatic heterocycles. The number of carbonyl (C=O) groups is 1. The average molecular weight is 352 g/mol. The molecular weight excluding hydrogens is 332 g/mol. The van der Waals surface area contributed by atoms with Crippen molar-refractivity contribution in [2.45, 2.75) is 6.10 Å². The number of nitrogens with zero attached hydrogens (tertiary/aromatic N) is 1. The monoisotopic (exact) mass is 352 g/mol. The van der Waals surface area contributed by atoms with Gasteiger partial charge < -0.3 is 19.7 Å². The normalized spacial score (nSPS) is 12.0. The van der Waals surface area contributed by atoms with Crippen LogP contribution in [0.15, 0.2) is 63.8 Å². The summed E-state index contributed by atoms with van der Waals surface area (Å²) in [7, 11) is 3.86. The van der Waals surface area contributed by atoms with Crippen LogP contribution in [0.1, 0.15) is 22.0 Å².